The van der Waals surface area contributed by atoms with Gasteiger partial charge in [0, 0.05) is 61.8 Å². The van der Waals surface area contributed by atoms with Gasteiger partial charge in [-0.2, -0.15) is 0 Å². The Kier molecular flexibility index (Phi) is 5.45. The van der Waals surface area contributed by atoms with E-state index in [4.69, 9.17) is 0 Å². The molecule has 40 heavy (non-hydrogen) atoms. The predicted octanol–water partition coefficient (Wildman–Crippen LogP) is 5.00. The molecule has 6 heteroatoms. The molecule has 2 N–H and O–H groups in total. The van der Waals surface area contributed by atoms with Gasteiger partial charge >= 0.3 is 6.03 Å². The zero-order valence-corrected chi connectivity index (χ0v) is 24.8. The number of nitrogens with one attached hydrogen (secondary N) is 1. The van der Waals surface area contributed by atoms with Crippen LogP contribution in [0.15, 0.2) is 24.4 Å². The Bertz CT molecular complexity index is 1260. The van der Waals surface area contributed by atoms with Crippen molar-refractivity contribution >= 4 is 6.03 Å². The first kappa shape index (κ1) is 25.6. The van der Waals surface area contributed by atoms with E-state index in [-0.39, 0.29) is 28.3 Å². The second-order valence-corrected chi connectivity index (χ2v) is 15.1. The van der Waals surface area contributed by atoms with Gasteiger partial charge in [0.15, 0.2) is 0 Å². The van der Waals surface area contributed by atoms with Gasteiger partial charge in [0.25, 0.3) is 0 Å². The number of aromatic hydroxyl groups is 1. The Morgan fingerprint density at radius 2 is 1.93 bits per heavy atom. The van der Waals surface area contributed by atoms with Gasteiger partial charge in [0.2, 0.25) is 0 Å². The number of fused-ring (bicyclic) bond motifs is 1. The van der Waals surface area contributed by atoms with Crippen LogP contribution in [0.5, 0.6) is 5.75 Å². The number of carbonyl (C=O) groups excluding carboxylic acids is 1. The second-order valence-electron chi connectivity index (χ2n) is 15.1. The number of likely N-dealkylation sites (tertiary alicyclic amines) is 2. The van der Waals surface area contributed by atoms with Crippen molar-refractivity contribution in [3.05, 3.63) is 41.1 Å². The number of phenols is 1. The number of allylic oxidation sites excluding steroid dienone is 1. The summed E-state index contributed by atoms with van der Waals surface area (Å²) in [6, 6.07) is 5.61. The number of hydrogen-bond acceptors (Lipinski definition) is 4. The van der Waals surface area contributed by atoms with Crippen molar-refractivity contribution in [3.63, 3.8) is 0 Å². The zero-order valence-electron chi connectivity index (χ0n) is 24.8. The molecule has 4 bridgehead atoms. The molecule has 5 unspecified atom stereocenters. The molecule has 0 radical (unpaired) electrons. The van der Waals surface area contributed by atoms with Crippen LogP contribution in [0.2, 0.25) is 0 Å². The highest BCUT2D eigenvalue weighted by atomic mass is 16.3. The topological polar surface area (TPSA) is 59.1 Å². The summed E-state index contributed by atoms with van der Waals surface area (Å²) in [5, 5.41) is 15.0. The molecule has 1 aromatic rings. The molecule has 6 fully saturated rings. The van der Waals surface area contributed by atoms with Crippen LogP contribution in [-0.4, -0.2) is 77.2 Å². The van der Waals surface area contributed by atoms with Gasteiger partial charge in [-0.25, -0.2) is 4.79 Å². The molecular formula is C34H48N4O2. The molecule has 3 saturated carbocycles. The van der Waals surface area contributed by atoms with Crippen molar-refractivity contribution in [2.24, 2.45) is 23.2 Å². The SMILES string of the molecule is C=C1[C@H]2CC34CCC(C2C32CCN(CC3CC3)C4Cc3cc(C(C)(C)CC)c(O)cc32)N1C(=O)N1CCNCC1. The number of hydrogen-bond donors (Lipinski definition) is 2. The van der Waals surface area contributed by atoms with Crippen LogP contribution in [0.3, 0.4) is 0 Å². The number of rotatable bonds is 4. The minimum Gasteiger partial charge on any atom is -0.508 e. The lowest BCUT2D eigenvalue weighted by Crippen LogP contribution is -2.70. The van der Waals surface area contributed by atoms with Gasteiger partial charge in [-0.1, -0.05) is 33.4 Å². The number of phenolic OH excluding ortho intramolecular Hbond substituents is 1. The molecule has 1 aromatic carbocycles. The zero-order chi connectivity index (χ0) is 27.6. The quantitative estimate of drug-likeness (QED) is 0.560. The minimum atomic E-state index is -0.0555. The summed E-state index contributed by atoms with van der Waals surface area (Å²) >= 11 is 0. The lowest BCUT2D eigenvalue weighted by Gasteiger charge is -2.66. The maximum atomic E-state index is 14.0. The van der Waals surface area contributed by atoms with Crippen molar-refractivity contribution in [2.75, 3.05) is 39.3 Å². The first-order valence-electron chi connectivity index (χ1n) is 16.3. The smallest absolute Gasteiger partial charge is 0.324 e. The molecule has 0 aromatic heterocycles. The monoisotopic (exact) mass is 544 g/mol. The lowest BCUT2D eigenvalue weighted by atomic mass is 9.43. The van der Waals surface area contributed by atoms with Crippen LogP contribution in [-0.2, 0) is 17.3 Å². The van der Waals surface area contributed by atoms with Crippen LogP contribution in [0.25, 0.3) is 0 Å². The third-order valence-corrected chi connectivity index (χ3v) is 13.2. The molecular weight excluding hydrogens is 496 g/mol. The molecule has 0 spiro atoms. The van der Waals surface area contributed by atoms with Crippen LogP contribution in [0, 0.1) is 23.2 Å². The highest BCUT2D eigenvalue weighted by molar-refractivity contribution is 5.78. The molecule has 8 rings (SSSR count). The molecule has 3 heterocycles. The predicted molar refractivity (Wildman–Crippen MR) is 157 cm³/mol. The Hall–Kier alpha value is -2.05. The Labute approximate surface area is 240 Å². The molecule has 216 valence electrons. The van der Waals surface area contributed by atoms with Gasteiger partial charge < -0.3 is 15.3 Å². The van der Waals surface area contributed by atoms with Gasteiger partial charge in [-0.05, 0) is 103 Å². The summed E-state index contributed by atoms with van der Waals surface area (Å²) in [6.45, 7) is 17.2. The number of benzene rings is 1. The Morgan fingerprint density at radius 1 is 1.15 bits per heavy atom. The van der Waals surface area contributed by atoms with E-state index in [0.29, 0.717) is 23.6 Å². The normalized spacial score (nSPS) is 38.4. The van der Waals surface area contributed by atoms with E-state index in [1.807, 2.05) is 0 Å². The molecule has 6 atom stereocenters. The van der Waals surface area contributed by atoms with Crippen molar-refractivity contribution in [1.29, 1.82) is 0 Å². The Morgan fingerprint density at radius 3 is 2.65 bits per heavy atom. The fraction of sp³-hybridized carbons (Fsp3) is 0.735. The van der Waals surface area contributed by atoms with E-state index < -0.39 is 0 Å². The van der Waals surface area contributed by atoms with Crippen molar-refractivity contribution in [2.45, 2.75) is 95.1 Å². The fourth-order valence-electron chi connectivity index (χ4n) is 10.9. The fourth-order valence-corrected chi connectivity index (χ4v) is 10.9. The van der Waals surface area contributed by atoms with E-state index in [2.05, 4.69) is 59.5 Å². The third-order valence-electron chi connectivity index (χ3n) is 13.2. The van der Waals surface area contributed by atoms with Gasteiger partial charge in [-0.3, -0.25) is 9.80 Å². The van der Waals surface area contributed by atoms with E-state index in [1.54, 1.807) is 0 Å². The van der Waals surface area contributed by atoms with Crippen LogP contribution in [0.4, 0.5) is 4.79 Å². The van der Waals surface area contributed by atoms with Crippen LogP contribution < -0.4 is 5.32 Å². The van der Waals surface area contributed by atoms with Crippen molar-refractivity contribution < 1.29 is 9.90 Å². The number of amides is 2. The van der Waals surface area contributed by atoms with E-state index >= 15 is 0 Å². The Balaban J connectivity index is 1.26. The average molecular weight is 545 g/mol. The number of piperazine rings is 1. The highest BCUT2D eigenvalue weighted by Crippen LogP contribution is 2.77. The number of urea groups is 1. The van der Waals surface area contributed by atoms with Gasteiger partial charge in [-0.15, -0.1) is 0 Å². The van der Waals surface area contributed by atoms with Crippen LogP contribution in [0.1, 0.15) is 82.4 Å². The first-order chi connectivity index (χ1) is 19.2. The number of nitrogens with zero attached hydrogens (tertiary/aromatic N) is 3. The number of carbonyl (C=O) groups is 1. The lowest BCUT2D eigenvalue weighted by molar-refractivity contribution is -0.101. The number of piperidine rings is 1. The molecule has 7 aliphatic rings. The van der Waals surface area contributed by atoms with Crippen molar-refractivity contribution in [1.82, 2.24) is 20.0 Å². The molecule has 3 saturated heterocycles. The molecule has 2 amide bonds. The van der Waals surface area contributed by atoms with E-state index in [9.17, 15) is 9.90 Å². The molecule has 3 aliphatic heterocycles. The minimum absolute atomic E-state index is 0.0205. The molecule has 6 nitrogen and oxygen atoms in total. The molecule has 4 aliphatic carbocycles. The summed E-state index contributed by atoms with van der Waals surface area (Å²) in [4.78, 5) is 21.2. The van der Waals surface area contributed by atoms with Gasteiger partial charge in [0.1, 0.15) is 5.75 Å². The van der Waals surface area contributed by atoms with Crippen molar-refractivity contribution in [3.8, 4) is 5.75 Å². The first-order valence-corrected chi connectivity index (χ1v) is 16.3. The largest absolute Gasteiger partial charge is 0.508 e. The van der Waals surface area contributed by atoms with E-state index in [0.717, 1.165) is 82.0 Å². The van der Waals surface area contributed by atoms with Gasteiger partial charge in [0.05, 0.1) is 0 Å². The summed E-state index contributed by atoms with van der Waals surface area (Å²) in [5.74, 6) is 2.15. The summed E-state index contributed by atoms with van der Waals surface area (Å²) in [7, 11) is 0. The second kappa shape index (κ2) is 8.50. The standard InChI is InChI=1S/C34H48N4O2/c1-5-32(3,4)26-16-23-17-29-33-9-8-27-30(24(19-33)21(2)38(27)31(40)36-14-11-35-12-15-36)34(33,25(23)18-28(26)39)10-13-37(29)20-22-6-7-22/h16,18,22,24,27,29-30,35,39H,2,5-15,17,19-20H2,1,3-4H3/t24-,27?,29?,30?,33?,34?/m1/s1. The maximum absolute atomic E-state index is 14.0. The highest BCUT2D eigenvalue weighted by Gasteiger charge is 2.77. The van der Waals surface area contributed by atoms with E-state index in [1.165, 1.54) is 36.9 Å². The van der Waals surface area contributed by atoms with Crippen LogP contribution >= 0.6 is 0 Å². The third kappa shape index (κ3) is 3.16. The summed E-state index contributed by atoms with van der Waals surface area (Å²) < 4.78 is 0. The average Bonchev–Trinajstić information content (AvgIpc) is 3.68. The summed E-state index contributed by atoms with van der Waals surface area (Å²) in [5.41, 5.74) is 5.31. The maximum Gasteiger partial charge on any atom is 0.324 e. The summed E-state index contributed by atoms with van der Waals surface area (Å²) in [6.07, 6.45) is 9.50.